The minimum absolute atomic E-state index is 0.0812. The first-order valence-corrected chi connectivity index (χ1v) is 8.07. The maximum Gasteiger partial charge on any atom is 0.229 e. The molecule has 22 heavy (non-hydrogen) atoms. The number of nitrogens with zero attached hydrogens (tertiary/aromatic N) is 1. The second-order valence-corrected chi connectivity index (χ2v) is 6.38. The van der Waals surface area contributed by atoms with Gasteiger partial charge in [-0.1, -0.05) is 48.0 Å². The Balaban J connectivity index is 1.90. The van der Waals surface area contributed by atoms with Gasteiger partial charge in [-0.25, -0.2) is 4.98 Å². The molecule has 2 N–H and O–H groups in total. The molecule has 1 aromatic heterocycles. The lowest BCUT2D eigenvalue weighted by Crippen LogP contribution is -2.15. The van der Waals surface area contributed by atoms with Crippen LogP contribution in [0.1, 0.15) is 19.4 Å². The Bertz CT molecular complexity index is 626. The summed E-state index contributed by atoms with van der Waals surface area (Å²) in [6.07, 6.45) is 2.05. The normalized spacial score (nSPS) is 10.5. The Morgan fingerprint density at radius 3 is 2.64 bits per heavy atom. The van der Waals surface area contributed by atoms with Crippen LogP contribution in [0.2, 0.25) is 0 Å². The van der Waals surface area contributed by atoms with E-state index in [2.05, 4.69) is 45.4 Å². The van der Waals surface area contributed by atoms with E-state index in [0.717, 1.165) is 22.3 Å². The summed E-state index contributed by atoms with van der Waals surface area (Å²) < 4.78 is 0.936. The molecule has 0 spiro atoms. The first kappa shape index (κ1) is 16.5. The summed E-state index contributed by atoms with van der Waals surface area (Å²) in [5.74, 6) is 1.05. The molecular formula is C17H20BrN3O. The Morgan fingerprint density at radius 2 is 2.00 bits per heavy atom. The van der Waals surface area contributed by atoms with Crippen LogP contribution < -0.4 is 10.6 Å². The van der Waals surface area contributed by atoms with Gasteiger partial charge in [0.25, 0.3) is 0 Å². The molecule has 0 saturated carbocycles. The number of amides is 1. The fourth-order valence-corrected chi connectivity index (χ4v) is 2.32. The molecule has 0 aliphatic carbocycles. The van der Waals surface area contributed by atoms with Crippen molar-refractivity contribution in [3.8, 4) is 0 Å². The molecule has 4 nitrogen and oxygen atoms in total. The molecule has 0 aliphatic rings. The Morgan fingerprint density at radius 1 is 1.23 bits per heavy atom. The van der Waals surface area contributed by atoms with Crippen LogP contribution in [-0.2, 0) is 11.2 Å². The maximum absolute atomic E-state index is 12.0. The lowest BCUT2D eigenvalue weighted by molar-refractivity contribution is -0.115. The molecule has 5 heteroatoms. The number of nitrogens with one attached hydrogen (secondary N) is 2. The summed E-state index contributed by atoms with van der Waals surface area (Å²) in [6, 6.07) is 11.4. The highest BCUT2D eigenvalue weighted by atomic mass is 79.9. The summed E-state index contributed by atoms with van der Waals surface area (Å²) in [6.45, 7) is 5.20. The van der Waals surface area contributed by atoms with E-state index < -0.39 is 0 Å². The van der Waals surface area contributed by atoms with Crippen molar-refractivity contribution in [3.05, 3.63) is 52.6 Å². The molecule has 1 heterocycles. The predicted molar refractivity (Wildman–Crippen MR) is 94.0 cm³/mol. The number of rotatable bonds is 6. The summed E-state index contributed by atoms with van der Waals surface area (Å²) in [5, 5.41) is 6.10. The maximum atomic E-state index is 12.0. The lowest BCUT2D eigenvalue weighted by atomic mass is 10.1. The van der Waals surface area contributed by atoms with Gasteiger partial charge in [-0.2, -0.15) is 0 Å². The van der Waals surface area contributed by atoms with Crippen molar-refractivity contribution >= 4 is 33.3 Å². The first-order chi connectivity index (χ1) is 10.5. The molecule has 1 amide bonds. The third-order valence-electron chi connectivity index (χ3n) is 3.05. The second-order valence-electron chi connectivity index (χ2n) is 5.52. The van der Waals surface area contributed by atoms with Gasteiger partial charge in [0.15, 0.2) is 0 Å². The Kier molecular flexibility index (Phi) is 5.95. The highest BCUT2D eigenvalue weighted by Gasteiger charge is 2.07. The highest BCUT2D eigenvalue weighted by molar-refractivity contribution is 9.10. The van der Waals surface area contributed by atoms with Crippen molar-refractivity contribution in [2.45, 2.75) is 20.3 Å². The molecule has 0 aliphatic heterocycles. The van der Waals surface area contributed by atoms with E-state index in [1.165, 1.54) is 0 Å². The van der Waals surface area contributed by atoms with E-state index >= 15 is 0 Å². The average molecular weight is 362 g/mol. The van der Waals surface area contributed by atoms with Gasteiger partial charge < -0.3 is 10.6 Å². The number of anilines is 2. The molecule has 0 saturated heterocycles. The SMILES string of the molecule is CC(C)CNc1ccc(NC(=O)Cc2ccccc2Br)nc1. The number of hydrogen-bond acceptors (Lipinski definition) is 3. The van der Waals surface area contributed by atoms with Crippen molar-refractivity contribution in [1.82, 2.24) is 4.98 Å². The third-order valence-corrected chi connectivity index (χ3v) is 3.83. The van der Waals surface area contributed by atoms with Gasteiger partial charge in [0.05, 0.1) is 18.3 Å². The summed E-state index contributed by atoms with van der Waals surface area (Å²) >= 11 is 3.44. The van der Waals surface area contributed by atoms with Gasteiger partial charge in [0.2, 0.25) is 5.91 Å². The van der Waals surface area contributed by atoms with Crippen LogP contribution in [-0.4, -0.2) is 17.4 Å². The molecule has 0 atom stereocenters. The topological polar surface area (TPSA) is 54.0 Å². The van der Waals surface area contributed by atoms with E-state index in [-0.39, 0.29) is 5.91 Å². The Hall–Kier alpha value is -1.88. The lowest BCUT2D eigenvalue weighted by Gasteiger charge is -2.10. The quantitative estimate of drug-likeness (QED) is 0.814. The van der Waals surface area contributed by atoms with Crippen molar-refractivity contribution in [1.29, 1.82) is 0 Å². The number of carbonyl (C=O) groups is 1. The van der Waals surface area contributed by atoms with Gasteiger partial charge in [0.1, 0.15) is 5.82 Å². The highest BCUT2D eigenvalue weighted by Crippen LogP contribution is 2.17. The van der Waals surface area contributed by atoms with Crippen molar-refractivity contribution in [3.63, 3.8) is 0 Å². The van der Waals surface area contributed by atoms with Crippen molar-refractivity contribution < 1.29 is 4.79 Å². The average Bonchev–Trinajstić information content (AvgIpc) is 2.49. The van der Waals surface area contributed by atoms with Gasteiger partial charge >= 0.3 is 0 Å². The van der Waals surface area contributed by atoms with Gasteiger partial charge in [0, 0.05) is 11.0 Å². The molecule has 2 aromatic rings. The van der Waals surface area contributed by atoms with Crippen LogP contribution >= 0.6 is 15.9 Å². The largest absolute Gasteiger partial charge is 0.384 e. The number of halogens is 1. The first-order valence-electron chi connectivity index (χ1n) is 7.28. The molecule has 1 aromatic carbocycles. The molecule has 116 valence electrons. The minimum Gasteiger partial charge on any atom is -0.384 e. The minimum atomic E-state index is -0.0812. The van der Waals surface area contributed by atoms with Crippen LogP contribution in [0.15, 0.2) is 47.1 Å². The van der Waals surface area contributed by atoms with Crippen LogP contribution in [0.4, 0.5) is 11.5 Å². The third kappa shape index (κ3) is 5.15. The zero-order valence-corrected chi connectivity index (χ0v) is 14.4. The monoisotopic (exact) mass is 361 g/mol. The smallest absolute Gasteiger partial charge is 0.229 e. The fourth-order valence-electron chi connectivity index (χ4n) is 1.90. The van der Waals surface area contributed by atoms with E-state index in [0.29, 0.717) is 18.2 Å². The standard InChI is InChI=1S/C17H20BrN3O/c1-12(2)10-19-14-7-8-16(20-11-14)21-17(22)9-13-5-3-4-6-15(13)18/h3-8,11-12,19H,9-10H2,1-2H3,(H,20,21,22). The zero-order valence-electron chi connectivity index (χ0n) is 12.8. The number of pyridine rings is 1. The number of benzene rings is 1. The van der Waals surface area contributed by atoms with E-state index in [1.807, 2.05) is 30.3 Å². The number of aromatic nitrogens is 1. The molecule has 0 unspecified atom stereocenters. The van der Waals surface area contributed by atoms with Gasteiger partial charge in [-0.3, -0.25) is 4.79 Å². The number of hydrogen-bond donors (Lipinski definition) is 2. The summed E-state index contributed by atoms with van der Waals surface area (Å²) in [5.41, 5.74) is 1.91. The second kappa shape index (κ2) is 7.94. The predicted octanol–water partition coefficient (Wildman–Crippen LogP) is 4.09. The molecule has 0 fully saturated rings. The van der Waals surface area contributed by atoms with E-state index in [4.69, 9.17) is 0 Å². The molecular weight excluding hydrogens is 342 g/mol. The van der Waals surface area contributed by atoms with Gasteiger partial charge in [-0.05, 0) is 29.7 Å². The van der Waals surface area contributed by atoms with Crippen LogP contribution in [0, 0.1) is 5.92 Å². The van der Waals surface area contributed by atoms with Crippen molar-refractivity contribution in [2.24, 2.45) is 5.92 Å². The Labute approximate surface area is 139 Å². The molecule has 0 bridgehead atoms. The van der Waals surface area contributed by atoms with Gasteiger partial charge in [-0.15, -0.1) is 0 Å². The van der Waals surface area contributed by atoms with Crippen LogP contribution in [0.3, 0.4) is 0 Å². The zero-order chi connectivity index (χ0) is 15.9. The summed E-state index contributed by atoms with van der Waals surface area (Å²) in [7, 11) is 0. The van der Waals surface area contributed by atoms with E-state index in [9.17, 15) is 4.79 Å². The van der Waals surface area contributed by atoms with Crippen LogP contribution in [0.5, 0.6) is 0 Å². The summed E-state index contributed by atoms with van der Waals surface area (Å²) in [4.78, 5) is 16.3. The van der Waals surface area contributed by atoms with Crippen molar-refractivity contribution in [2.75, 3.05) is 17.2 Å². The van der Waals surface area contributed by atoms with Crippen LogP contribution in [0.25, 0.3) is 0 Å². The molecule has 0 radical (unpaired) electrons. The number of carbonyl (C=O) groups excluding carboxylic acids is 1. The molecule has 2 rings (SSSR count). The van der Waals surface area contributed by atoms with E-state index in [1.54, 1.807) is 12.3 Å². The fraction of sp³-hybridized carbons (Fsp3) is 0.294.